The van der Waals surface area contributed by atoms with Gasteiger partial charge in [-0.1, -0.05) is 0 Å². The number of rotatable bonds is 6. The van der Waals surface area contributed by atoms with E-state index in [9.17, 15) is 19.5 Å². The van der Waals surface area contributed by atoms with E-state index in [0.29, 0.717) is 16.9 Å². The lowest BCUT2D eigenvalue weighted by molar-refractivity contribution is -0.305. The molecule has 2 aromatic rings. The summed E-state index contributed by atoms with van der Waals surface area (Å²) in [5.74, 6) is -1.21. The second kappa shape index (κ2) is 7.19. The molecule has 1 aromatic heterocycles. The molecule has 1 aliphatic carbocycles. The summed E-state index contributed by atoms with van der Waals surface area (Å²) in [7, 11) is 0. The van der Waals surface area contributed by atoms with Gasteiger partial charge in [0.15, 0.2) is 6.10 Å². The first-order valence-electron chi connectivity index (χ1n) is 8.61. The molecule has 138 valence electrons. The van der Waals surface area contributed by atoms with Crippen molar-refractivity contribution in [1.29, 1.82) is 0 Å². The Morgan fingerprint density at radius 1 is 1.31 bits per heavy atom. The average Bonchev–Trinajstić information content (AvgIpc) is 3.08. The standard InChI is InChI=1S/C19H21NO6/c1-10-15(25-11(2)18(23)20-9-8-16(21)22)7-6-13-12-4-3-5-14(12)19(24)26-17(10)13/h6-7,11H,3-5,8-9H2,1-2H3,(H,20,23)(H,21,22)/p-1/t11-/m1/s1. The van der Waals surface area contributed by atoms with Crippen LogP contribution in [-0.4, -0.2) is 24.5 Å². The summed E-state index contributed by atoms with van der Waals surface area (Å²) in [5.41, 5.74) is 2.63. The quantitative estimate of drug-likeness (QED) is 0.758. The van der Waals surface area contributed by atoms with E-state index in [1.54, 1.807) is 19.9 Å². The van der Waals surface area contributed by atoms with Crippen LogP contribution in [0.15, 0.2) is 21.3 Å². The Bertz CT molecular complexity index is 930. The third kappa shape index (κ3) is 3.42. The van der Waals surface area contributed by atoms with Crippen LogP contribution >= 0.6 is 0 Å². The second-order valence-corrected chi connectivity index (χ2v) is 6.44. The average molecular weight is 358 g/mol. The first kappa shape index (κ1) is 18.0. The summed E-state index contributed by atoms with van der Waals surface area (Å²) in [4.78, 5) is 34.5. The Kier molecular flexibility index (Phi) is 4.97. The number of nitrogens with one attached hydrogen (secondary N) is 1. The smallest absolute Gasteiger partial charge is 0.339 e. The molecular formula is C19H20NO6-. The number of carbonyl (C=O) groups is 2. The number of aryl methyl sites for hydroxylation is 2. The van der Waals surface area contributed by atoms with E-state index >= 15 is 0 Å². The van der Waals surface area contributed by atoms with E-state index in [2.05, 4.69) is 5.32 Å². The van der Waals surface area contributed by atoms with Gasteiger partial charge in [0.2, 0.25) is 0 Å². The first-order chi connectivity index (χ1) is 12.4. The SMILES string of the molecule is Cc1c(O[C@H](C)C(=O)NCCC(=O)[O-])ccc2c3c(c(=O)oc12)CCC3. The van der Waals surface area contributed by atoms with Gasteiger partial charge in [0.25, 0.3) is 5.91 Å². The minimum absolute atomic E-state index is 0.0212. The fourth-order valence-corrected chi connectivity index (χ4v) is 3.27. The molecule has 1 atom stereocenters. The Labute approximate surface area is 150 Å². The van der Waals surface area contributed by atoms with Gasteiger partial charge in [0.1, 0.15) is 11.3 Å². The van der Waals surface area contributed by atoms with E-state index in [1.165, 1.54) is 0 Å². The van der Waals surface area contributed by atoms with Crippen molar-refractivity contribution in [2.45, 2.75) is 45.6 Å². The summed E-state index contributed by atoms with van der Waals surface area (Å²) in [6.07, 6.45) is 1.46. The molecule has 1 aromatic carbocycles. The predicted octanol–water partition coefficient (Wildman–Crippen LogP) is 0.614. The number of aliphatic carboxylic acids is 1. The van der Waals surface area contributed by atoms with Crippen LogP contribution in [0.2, 0.25) is 0 Å². The topological polar surface area (TPSA) is 109 Å². The summed E-state index contributed by atoms with van der Waals surface area (Å²) in [6, 6.07) is 3.62. The van der Waals surface area contributed by atoms with Gasteiger partial charge in [-0.25, -0.2) is 4.79 Å². The van der Waals surface area contributed by atoms with Gasteiger partial charge < -0.3 is 24.4 Å². The normalized spacial score (nSPS) is 14.1. The van der Waals surface area contributed by atoms with Crippen molar-refractivity contribution in [3.05, 3.63) is 39.2 Å². The van der Waals surface area contributed by atoms with Crippen LogP contribution in [0, 0.1) is 6.92 Å². The van der Waals surface area contributed by atoms with Crippen LogP contribution in [0.1, 0.15) is 36.5 Å². The number of carboxylic acids is 1. The molecule has 1 aliphatic rings. The summed E-state index contributed by atoms with van der Waals surface area (Å²) in [6.45, 7) is 3.33. The Balaban J connectivity index is 1.82. The third-order valence-electron chi connectivity index (χ3n) is 4.64. The Morgan fingerprint density at radius 3 is 2.77 bits per heavy atom. The number of hydrogen-bond acceptors (Lipinski definition) is 6. The van der Waals surface area contributed by atoms with Gasteiger partial charge >= 0.3 is 5.63 Å². The van der Waals surface area contributed by atoms with Gasteiger partial charge in [-0.15, -0.1) is 0 Å². The van der Waals surface area contributed by atoms with Gasteiger partial charge in [0.05, 0.1) is 0 Å². The molecule has 7 nitrogen and oxygen atoms in total. The molecule has 0 saturated heterocycles. The van der Waals surface area contributed by atoms with Crippen LogP contribution in [-0.2, 0) is 22.4 Å². The minimum atomic E-state index is -1.23. The van der Waals surface area contributed by atoms with Crippen LogP contribution in [0.5, 0.6) is 5.75 Å². The van der Waals surface area contributed by atoms with Crippen LogP contribution < -0.4 is 20.8 Å². The Hall–Kier alpha value is -2.83. The maximum absolute atomic E-state index is 12.2. The molecule has 0 spiro atoms. The minimum Gasteiger partial charge on any atom is -0.550 e. The monoisotopic (exact) mass is 358 g/mol. The number of ether oxygens (including phenoxy) is 1. The molecule has 0 bridgehead atoms. The highest BCUT2D eigenvalue weighted by Gasteiger charge is 2.22. The molecule has 0 radical (unpaired) electrons. The molecule has 3 rings (SSSR count). The zero-order valence-electron chi connectivity index (χ0n) is 14.7. The lowest BCUT2D eigenvalue weighted by atomic mass is 10.0. The van der Waals surface area contributed by atoms with Crippen LogP contribution in [0.4, 0.5) is 0 Å². The number of amides is 1. The van der Waals surface area contributed by atoms with Gasteiger partial charge in [-0.3, -0.25) is 4.79 Å². The van der Waals surface area contributed by atoms with Crippen molar-refractivity contribution in [3.8, 4) is 5.75 Å². The van der Waals surface area contributed by atoms with E-state index in [0.717, 1.165) is 35.8 Å². The highest BCUT2D eigenvalue weighted by atomic mass is 16.5. The van der Waals surface area contributed by atoms with Crippen molar-refractivity contribution < 1.29 is 23.8 Å². The molecular weight excluding hydrogens is 338 g/mol. The van der Waals surface area contributed by atoms with E-state index in [1.807, 2.05) is 6.07 Å². The summed E-state index contributed by atoms with van der Waals surface area (Å²) < 4.78 is 11.2. The van der Waals surface area contributed by atoms with Crippen molar-refractivity contribution >= 4 is 22.8 Å². The second-order valence-electron chi connectivity index (χ2n) is 6.44. The molecule has 26 heavy (non-hydrogen) atoms. The summed E-state index contributed by atoms with van der Waals surface area (Å²) >= 11 is 0. The van der Waals surface area contributed by atoms with Gasteiger partial charge in [-0.05, 0) is 50.8 Å². The number of fused-ring (bicyclic) bond motifs is 3. The molecule has 0 aliphatic heterocycles. The number of hydrogen-bond donors (Lipinski definition) is 1. The van der Waals surface area contributed by atoms with Crippen molar-refractivity contribution in [1.82, 2.24) is 5.32 Å². The van der Waals surface area contributed by atoms with E-state index in [4.69, 9.17) is 9.15 Å². The molecule has 0 fully saturated rings. The highest BCUT2D eigenvalue weighted by molar-refractivity contribution is 5.86. The van der Waals surface area contributed by atoms with E-state index < -0.39 is 18.0 Å². The Morgan fingerprint density at radius 2 is 2.04 bits per heavy atom. The fraction of sp³-hybridized carbons (Fsp3) is 0.421. The van der Waals surface area contributed by atoms with Gasteiger partial charge in [0, 0.05) is 35.4 Å². The lowest BCUT2D eigenvalue weighted by Crippen LogP contribution is -2.38. The van der Waals surface area contributed by atoms with Crippen LogP contribution in [0.3, 0.4) is 0 Å². The van der Waals surface area contributed by atoms with Gasteiger partial charge in [-0.2, -0.15) is 0 Å². The third-order valence-corrected chi connectivity index (χ3v) is 4.64. The number of benzene rings is 1. The first-order valence-corrected chi connectivity index (χ1v) is 8.61. The van der Waals surface area contributed by atoms with E-state index in [-0.39, 0.29) is 18.6 Å². The molecule has 1 heterocycles. The summed E-state index contributed by atoms with van der Waals surface area (Å²) in [5, 5.41) is 13.8. The van der Waals surface area contributed by atoms with Crippen LogP contribution in [0.25, 0.3) is 11.0 Å². The highest BCUT2D eigenvalue weighted by Crippen LogP contribution is 2.33. The molecule has 0 saturated carbocycles. The van der Waals surface area contributed by atoms with Crippen molar-refractivity contribution in [3.63, 3.8) is 0 Å². The molecule has 0 unspecified atom stereocenters. The molecule has 1 N–H and O–H groups in total. The largest absolute Gasteiger partial charge is 0.550 e. The van der Waals surface area contributed by atoms with Crippen molar-refractivity contribution in [2.75, 3.05) is 6.54 Å². The number of carbonyl (C=O) groups excluding carboxylic acids is 2. The fourth-order valence-electron chi connectivity index (χ4n) is 3.27. The maximum Gasteiger partial charge on any atom is 0.339 e. The maximum atomic E-state index is 12.2. The zero-order chi connectivity index (χ0) is 18.8. The predicted molar refractivity (Wildman–Crippen MR) is 92.0 cm³/mol. The molecule has 7 heteroatoms. The molecule has 1 amide bonds. The number of carboxylic acid groups (broad SMARTS) is 1. The lowest BCUT2D eigenvalue weighted by Gasteiger charge is -2.17. The zero-order valence-corrected chi connectivity index (χ0v) is 14.7. The van der Waals surface area contributed by atoms with Crippen molar-refractivity contribution in [2.24, 2.45) is 0 Å².